The number of amides is 2. The quantitative estimate of drug-likeness (QED) is 0.680. The molecule has 0 bridgehead atoms. The van der Waals surface area contributed by atoms with Crippen LogP contribution < -0.4 is 10.2 Å². The predicted octanol–water partition coefficient (Wildman–Crippen LogP) is 4.42. The molecule has 0 saturated heterocycles. The molecular weight excluding hydrogens is 370 g/mol. The second kappa shape index (κ2) is 6.77. The van der Waals surface area contributed by atoms with Gasteiger partial charge in [0, 0.05) is 10.6 Å². The Balaban J connectivity index is 1.79. The number of thiophene rings is 1. The van der Waals surface area contributed by atoms with Crippen LogP contribution in [0.3, 0.4) is 0 Å². The van der Waals surface area contributed by atoms with Crippen LogP contribution >= 0.6 is 11.3 Å². The minimum absolute atomic E-state index is 0.0679. The minimum atomic E-state index is -0.599. The number of nitrogens with one attached hydrogen (secondary N) is 1. The number of hydrogen-bond acceptors (Lipinski definition) is 4. The molecule has 0 aliphatic carbocycles. The fourth-order valence-electron chi connectivity index (χ4n) is 2.82. The summed E-state index contributed by atoms with van der Waals surface area (Å²) in [6.45, 7) is 0. The molecule has 4 nitrogen and oxygen atoms in total. The molecule has 27 heavy (non-hydrogen) atoms. The largest absolute Gasteiger partial charge is 0.350 e. The van der Waals surface area contributed by atoms with E-state index in [-0.39, 0.29) is 17.0 Å². The molecule has 0 unspecified atom stereocenters. The molecule has 7 heteroatoms. The second-order valence-corrected chi connectivity index (χ2v) is 6.73. The molecule has 134 valence electrons. The van der Waals surface area contributed by atoms with Crippen molar-refractivity contribution in [1.29, 1.82) is 0 Å². The van der Waals surface area contributed by atoms with Crippen LogP contribution in [-0.2, 0) is 9.59 Å². The van der Waals surface area contributed by atoms with E-state index in [0.29, 0.717) is 10.6 Å². The summed E-state index contributed by atoms with van der Waals surface area (Å²) < 4.78 is 26.8. The lowest BCUT2D eigenvalue weighted by Crippen LogP contribution is -2.32. The standard InChI is InChI=1S/C20H12F2N2O2S/c21-12-6-8-14(9-7-12)23-18-17(16-5-2-10-27-16)19(25)24(20(18)26)15-4-1-3-13(22)11-15/h1-11,23H. The molecular formula is C20H12F2N2O2S. The Morgan fingerprint density at radius 3 is 2.30 bits per heavy atom. The van der Waals surface area contributed by atoms with Gasteiger partial charge in [0.05, 0.1) is 11.3 Å². The molecule has 0 radical (unpaired) electrons. The molecule has 0 fully saturated rings. The highest BCUT2D eigenvalue weighted by atomic mass is 32.1. The van der Waals surface area contributed by atoms with Gasteiger partial charge in [0.1, 0.15) is 17.3 Å². The summed E-state index contributed by atoms with van der Waals surface area (Å²) in [5.41, 5.74) is 0.875. The van der Waals surface area contributed by atoms with Crippen molar-refractivity contribution < 1.29 is 18.4 Å². The van der Waals surface area contributed by atoms with Crippen LogP contribution in [0.15, 0.2) is 71.7 Å². The van der Waals surface area contributed by atoms with Crippen LogP contribution in [0.1, 0.15) is 4.88 Å². The molecule has 0 spiro atoms. The zero-order chi connectivity index (χ0) is 19.0. The summed E-state index contributed by atoms with van der Waals surface area (Å²) >= 11 is 1.31. The van der Waals surface area contributed by atoms with E-state index in [9.17, 15) is 18.4 Å². The van der Waals surface area contributed by atoms with Crippen molar-refractivity contribution in [2.45, 2.75) is 0 Å². The van der Waals surface area contributed by atoms with E-state index in [1.54, 1.807) is 17.5 Å². The van der Waals surface area contributed by atoms with Crippen LogP contribution in [-0.4, -0.2) is 11.8 Å². The normalized spacial score (nSPS) is 14.2. The van der Waals surface area contributed by atoms with Crippen LogP contribution in [0.2, 0.25) is 0 Å². The zero-order valence-electron chi connectivity index (χ0n) is 13.8. The Bertz CT molecular complexity index is 1060. The fraction of sp³-hybridized carbons (Fsp3) is 0. The van der Waals surface area contributed by atoms with E-state index < -0.39 is 23.4 Å². The lowest BCUT2D eigenvalue weighted by Gasteiger charge is -2.15. The molecule has 2 amide bonds. The van der Waals surface area contributed by atoms with Gasteiger partial charge in [-0.25, -0.2) is 13.7 Å². The van der Waals surface area contributed by atoms with E-state index in [4.69, 9.17) is 0 Å². The van der Waals surface area contributed by atoms with E-state index in [0.717, 1.165) is 11.0 Å². The fourth-order valence-corrected chi connectivity index (χ4v) is 3.59. The maximum atomic E-state index is 13.6. The number of carbonyl (C=O) groups is 2. The first-order valence-electron chi connectivity index (χ1n) is 7.99. The van der Waals surface area contributed by atoms with Gasteiger partial charge in [-0.2, -0.15) is 0 Å². The first-order chi connectivity index (χ1) is 13.0. The van der Waals surface area contributed by atoms with Crippen LogP contribution in [0.5, 0.6) is 0 Å². The van der Waals surface area contributed by atoms with Crippen molar-refractivity contribution in [3.05, 3.63) is 88.3 Å². The molecule has 1 aromatic heterocycles. The molecule has 0 saturated carbocycles. The van der Waals surface area contributed by atoms with Crippen LogP contribution in [0.25, 0.3) is 5.57 Å². The Morgan fingerprint density at radius 1 is 0.852 bits per heavy atom. The third-order valence-electron chi connectivity index (χ3n) is 4.03. The number of nitrogens with zero attached hydrogens (tertiary/aromatic N) is 1. The number of hydrogen-bond donors (Lipinski definition) is 1. The highest BCUT2D eigenvalue weighted by Gasteiger charge is 2.40. The Hall–Kier alpha value is -3.32. The van der Waals surface area contributed by atoms with E-state index in [1.165, 1.54) is 53.8 Å². The lowest BCUT2D eigenvalue weighted by molar-refractivity contribution is -0.120. The maximum Gasteiger partial charge on any atom is 0.282 e. The second-order valence-electron chi connectivity index (χ2n) is 5.78. The van der Waals surface area contributed by atoms with Crippen LogP contribution in [0, 0.1) is 11.6 Å². The van der Waals surface area contributed by atoms with Gasteiger partial charge in [-0.3, -0.25) is 9.59 Å². The number of halogens is 2. The van der Waals surface area contributed by atoms with Crippen molar-refractivity contribution >= 4 is 40.1 Å². The van der Waals surface area contributed by atoms with Crippen molar-refractivity contribution in [3.63, 3.8) is 0 Å². The molecule has 1 aliphatic heterocycles. The summed E-state index contributed by atoms with van der Waals surface area (Å²) in [5, 5.41) is 4.71. The lowest BCUT2D eigenvalue weighted by atomic mass is 10.2. The molecule has 2 aromatic carbocycles. The van der Waals surface area contributed by atoms with E-state index in [2.05, 4.69) is 5.32 Å². The average Bonchev–Trinajstić information content (AvgIpc) is 3.24. The summed E-state index contributed by atoms with van der Waals surface area (Å²) in [6, 6.07) is 14.2. The van der Waals surface area contributed by atoms with Crippen molar-refractivity contribution in [2.24, 2.45) is 0 Å². The van der Waals surface area contributed by atoms with Gasteiger partial charge in [0.15, 0.2) is 0 Å². The maximum absolute atomic E-state index is 13.6. The Labute approximate surface area is 157 Å². The highest BCUT2D eigenvalue weighted by Crippen LogP contribution is 2.35. The number of carbonyl (C=O) groups excluding carboxylic acids is 2. The number of imide groups is 1. The number of anilines is 2. The van der Waals surface area contributed by atoms with Gasteiger partial charge >= 0.3 is 0 Å². The first-order valence-corrected chi connectivity index (χ1v) is 8.87. The van der Waals surface area contributed by atoms with Gasteiger partial charge in [-0.15, -0.1) is 11.3 Å². The van der Waals surface area contributed by atoms with Gasteiger partial charge in [-0.05, 0) is 53.9 Å². The molecule has 0 atom stereocenters. The number of benzene rings is 2. The third kappa shape index (κ3) is 3.13. The first kappa shape index (κ1) is 17.1. The van der Waals surface area contributed by atoms with Gasteiger partial charge < -0.3 is 5.32 Å². The van der Waals surface area contributed by atoms with Crippen molar-refractivity contribution in [2.75, 3.05) is 10.2 Å². The summed E-state index contributed by atoms with van der Waals surface area (Å²) in [4.78, 5) is 27.6. The summed E-state index contributed by atoms with van der Waals surface area (Å²) in [7, 11) is 0. The zero-order valence-corrected chi connectivity index (χ0v) is 14.6. The SMILES string of the molecule is O=C1C(Nc2ccc(F)cc2)=C(c2cccs2)C(=O)N1c1cccc(F)c1. The minimum Gasteiger partial charge on any atom is -0.350 e. The summed E-state index contributed by atoms with van der Waals surface area (Å²) in [6.07, 6.45) is 0. The van der Waals surface area contributed by atoms with Crippen molar-refractivity contribution in [3.8, 4) is 0 Å². The Kier molecular flexibility index (Phi) is 4.29. The number of rotatable bonds is 4. The van der Waals surface area contributed by atoms with Crippen molar-refractivity contribution in [1.82, 2.24) is 0 Å². The van der Waals surface area contributed by atoms with Gasteiger partial charge in [0.2, 0.25) is 0 Å². The monoisotopic (exact) mass is 382 g/mol. The molecule has 2 heterocycles. The highest BCUT2D eigenvalue weighted by molar-refractivity contribution is 7.11. The van der Waals surface area contributed by atoms with E-state index >= 15 is 0 Å². The van der Waals surface area contributed by atoms with Gasteiger partial charge in [-0.1, -0.05) is 12.1 Å². The summed E-state index contributed by atoms with van der Waals surface area (Å²) in [5.74, 6) is -2.11. The van der Waals surface area contributed by atoms with Crippen LogP contribution in [0.4, 0.5) is 20.2 Å². The Morgan fingerprint density at radius 2 is 1.63 bits per heavy atom. The molecule has 1 aliphatic rings. The predicted molar refractivity (Wildman–Crippen MR) is 100 cm³/mol. The van der Waals surface area contributed by atoms with E-state index in [1.807, 2.05) is 0 Å². The topological polar surface area (TPSA) is 49.4 Å². The molecule has 3 aromatic rings. The average molecular weight is 382 g/mol. The van der Waals surface area contributed by atoms with Gasteiger partial charge in [0.25, 0.3) is 11.8 Å². The molecule has 4 rings (SSSR count). The molecule has 1 N–H and O–H groups in total. The smallest absolute Gasteiger partial charge is 0.282 e. The third-order valence-corrected chi connectivity index (χ3v) is 4.92.